The van der Waals surface area contributed by atoms with Crippen molar-refractivity contribution in [2.75, 3.05) is 6.16 Å². The van der Waals surface area contributed by atoms with Gasteiger partial charge in [-0.15, -0.1) is 0 Å². The Bertz CT molecular complexity index is 1120. The van der Waals surface area contributed by atoms with Crippen molar-refractivity contribution in [3.05, 3.63) is 126 Å². The molecule has 0 saturated heterocycles. The Labute approximate surface area is 196 Å². The van der Waals surface area contributed by atoms with Crippen molar-refractivity contribution in [1.29, 1.82) is 0 Å². The molecule has 6 heteroatoms. The topological polar surface area (TPSA) is 0 Å². The smallest absolute Gasteiger partial charge is 0.200 e. The molecule has 0 amide bonds. The number of benzene rings is 4. The number of unbranched alkanes of at least 4 members (excludes halogenated alkanes) is 1. The molecule has 0 atom stereocenters. The van der Waals surface area contributed by atoms with Crippen molar-refractivity contribution in [2.24, 2.45) is 0 Å². The Hall–Kier alpha value is -3.04. The minimum atomic E-state index is -2.12. The third kappa shape index (κ3) is 4.50. The van der Waals surface area contributed by atoms with E-state index in [1.165, 1.54) is 15.9 Å². The largest absolute Gasteiger partial charge is 0.203 e. The second kappa shape index (κ2) is 10.5. The van der Waals surface area contributed by atoms with Crippen LogP contribution in [0.1, 0.15) is 18.4 Å². The molecular formula is C28H23F5P+. The first-order valence-electron chi connectivity index (χ1n) is 11.0. The van der Waals surface area contributed by atoms with Gasteiger partial charge in [0.25, 0.3) is 0 Å². The van der Waals surface area contributed by atoms with Crippen LogP contribution in [0.15, 0.2) is 91.0 Å². The predicted molar refractivity (Wildman–Crippen MR) is 129 cm³/mol. The Kier molecular flexibility index (Phi) is 7.43. The summed E-state index contributed by atoms with van der Waals surface area (Å²) in [7, 11) is -2.12. The van der Waals surface area contributed by atoms with Crippen LogP contribution < -0.4 is 15.9 Å². The molecule has 0 fully saturated rings. The third-order valence-corrected chi connectivity index (χ3v) is 10.6. The van der Waals surface area contributed by atoms with Crippen LogP contribution in [0.2, 0.25) is 0 Å². The summed E-state index contributed by atoms with van der Waals surface area (Å²) in [6, 6.07) is 30.4. The van der Waals surface area contributed by atoms with Crippen molar-refractivity contribution >= 4 is 23.2 Å². The number of hydrogen-bond donors (Lipinski definition) is 0. The summed E-state index contributed by atoms with van der Waals surface area (Å²) in [4.78, 5) is 0. The Morgan fingerprint density at radius 3 is 1.18 bits per heavy atom. The van der Waals surface area contributed by atoms with E-state index >= 15 is 0 Å². The van der Waals surface area contributed by atoms with Gasteiger partial charge >= 0.3 is 0 Å². The van der Waals surface area contributed by atoms with Gasteiger partial charge in [-0.3, -0.25) is 0 Å². The van der Waals surface area contributed by atoms with Crippen LogP contribution in [0.3, 0.4) is 0 Å². The summed E-state index contributed by atoms with van der Waals surface area (Å²) in [5, 5.41) is 3.51. The molecule has 4 aromatic carbocycles. The Morgan fingerprint density at radius 2 is 0.794 bits per heavy atom. The monoisotopic (exact) mass is 485 g/mol. The summed E-state index contributed by atoms with van der Waals surface area (Å²) in [6.07, 6.45) is 1.29. The fourth-order valence-electron chi connectivity index (χ4n) is 4.40. The van der Waals surface area contributed by atoms with Gasteiger partial charge in [0.05, 0.1) is 6.16 Å². The average Bonchev–Trinajstić information content (AvgIpc) is 2.90. The van der Waals surface area contributed by atoms with E-state index in [9.17, 15) is 22.0 Å². The van der Waals surface area contributed by atoms with Gasteiger partial charge in [0, 0.05) is 5.56 Å². The fourth-order valence-corrected chi connectivity index (χ4v) is 8.81. The molecule has 0 aliphatic carbocycles. The molecule has 0 bridgehead atoms. The van der Waals surface area contributed by atoms with Crippen LogP contribution in [0.5, 0.6) is 0 Å². The van der Waals surface area contributed by atoms with Gasteiger partial charge < -0.3 is 0 Å². The molecule has 174 valence electrons. The molecule has 0 aliphatic rings. The normalized spacial score (nSPS) is 11.6. The van der Waals surface area contributed by atoms with Gasteiger partial charge in [0.2, 0.25) is 5.82 Å². The highest BCUT2D eigenvalue weighted by molar-refractivity contribution is 7.95. The van der Waals surface area contributed by atoms with Gasteiger partial charge in [0.15, 0.2) is 23.3 Å². The van der Waals surface area contributed by atoms with Gasteiger partial charge in [-0.25, -0.2) is 22.0 Å². The molecule has 0 unspecified atom stereocenters. The Morgan fingerprint density at radius 1 is 0.441 bits per heavy atom. The second-order valence-electron chi connectivity index (χ2n) is 8.05. The highest BCUT2D eigenvalue weighted by atomic mass is 31.2. The zero-order chi connectivity index (χ0) is 24.1. The van der Waals surface area contributed by atoms with E-state index in [-0.39, 0.29) is 12.8 Å². The third-order valence-electron chi connectivity index (χ3n) is 6.06. The molecule has 34 heavy (non-hydrogen) atoms. The van der Waals surface area contributed by atoms with E-state index in [1.54, 1.807) is 0 Å². The highest BCUT2D eigenvalue weighted by Gasteiger charge is 2.44. The first kappa shape index (κ1) is 24.1. The van der Waals surface area contributed by atoms with E-state index in [0.717, 1.165) is 0 Å². The standard InChI is InChI=1S/C28H23F5P/c29-24-23(25(30)27(32)28(33)26(24)31)18-10-11-19-34(20-12-4-1-5-13-20,21-14-6-2-7-15-21)22-16-8-3-9-17-22/h1-9,12-17H,10-11,18-19H2/q+1. The summed E-state index contributed by atoms with van der Waals surface area (Å²) >= 11 is 0. The van der Waals surface area contributed by atoms with E-state index in [1.807, 2.05) is 54.6 Å². The van der Waals surface area contributed by atoms with Crippen LogP contribution in [-0.2, 0) is 6.42 Å². The van der Waals surface area contributed by atoms with E-state index in [4.69, 9.17) is 0 Å². The molecule has 0 radical (unpaired) electrons. The number of hydrogen-bond acceptors (Lipinski definition) is 0. The second-order valence-corrected chi connectivity index (χ2v) is 11.7. The molecule has 0 aliphatic heterocycles. The molecule has 4 rings (SSSR count). The van der Waals surface area contributed by atoms with Crippen molar-refractivity contribution in [1.82, 2.24) is 0 Å². The van der Waals surface area contributed by atoms with Crippen LogP contribution in [-0.4, -0.2) is 6.16 Å². The lowest BCUT2D eigenvalue weighted by Crippen LogP contribution is -2.33. The average molecular weight is 485 g/mol. The fraction of sp³-hybridized carbons (Fsp3) is 0.143. The van der Waals surface area contributed by atoms with E-state index in [0.29, 0.717) is 12.6 Å². The minimum Gasteiger partial charge on any atom is -0.203 e. The minimum absolute atomic E-state index is 0.232. The molecule has 0 spiro atoms. The molecule has 0 aromatic heterocycles. The lowest BCUT2D eigenvalue weighted by molar-refractivity contribution is 0.369. The maximum absolute atomic E-state index is 14.1. The van der Waals surface area contributed by atoms with Crippen LogP contribution in [0.25, 0.3) is 0 Å². The predicted octanol–water partition coefficient (Wildman–Crippen LogP) is 6.70. The Balaban J connectivity index is 1.69. The quantitative estimate of drug-likeness (QED) is 0.0857. The molecule has 4 aromatic rings. The molecule has 0 saturated carbocycles. The lowest BCUT2D eigenvalue weighted by Gasteiger charge is -2.27. The van der Waals surface area contributed by atoms with Crippen molar-refractivity contribution in [2.45, 2.75) is 19.3 Å². The molecule has 0 nitrogen and oxygen atoms in total. The summed E-state index contributed by atoms with van der Waals surface area (Å²) in [5.74, 6) is -9.40. The summed E-state index contributed by atoms with van der Waals surface area (Å²) < 4.78 is 68.9. The number of rotatable bonds is 8. The molecule has 0 N–H and O–H groups in total. The first-order valence-corrected chi connectivity index (χ1v) is 13.0. The lowest BCUT2D eigenvalue weighted by atomic mass is 10.1. The SMILES string of the molecule is Fc1c(F)c(F)c(CCCC[P+](c2ccccc2)(c2ccccc2)c2ccccc2)c(F)c1F. The maximum Gasteiger partial charge on any atom is 0.200 e. The zero-order valence-corrected chi connectivity index (χ0v) is 19.2. The van der Waals surface area contributed by atoms with Crippen LogP contribution >= 0.6 is 7.26 Å². The van der Waals surface area contributed by atoms with Crippen LogP contribution in [0, 0.1) is 29.1 Å². The van der Waals surface area contributed by atoms with Gasteiger partial charge in [-0.1, -0.05) is 54.6 Å². The zero-order valence-electron chi connectivity index (χ0n) is 18.3. The maximum atomic E-state index is 14.1. The van der Waals surface area contributed by atoms with Gasteiger partial charge in [-0.2, -0.15) is 0 Å². The number of halogens is 5. The molecule has 0 heterocycles. The van der Waals surface area contributed by atoms with Gasteiger partial charge in [-0.05, 0) is 55.7 Å². The van der Waals surface area contributed by atoms with Crippen molar-refractivity contribution in [3.63, 3.8) is 0 Å². The van der Waals surface area contributed by atoms with Crippen LogP contribution in [0.4, 0.5) is 22.0 Å². The summed E-state index contributed by atoms with van der Waals surface area (Å²) in [6.45, 7) is 0. The van der Waals surface area contributed by atoms with E-state index in [2.05, 4.69) is 36.4 Å². The molecular weight excluding hydrogens is 462 g/mol. The van der Waals surface area contributed by atoms with Crippen molar-refractivity contribution in [3.8, 4) is 0 Å². The highest BCUT2D eigenvalue weighted by Crippen LogP contribution is 2.56. The van der Waals surface area contributed by atoms with Gasteiger partial charge in [0.1, 0.15) is 23.2 Å². The first-order chi connectivity index (χ1) is 16.5. The summed E-state index contributed by atoms with van der Waals surface area (Å²) in [5.41, 5.74) is -0.750. The van der Waals surface area contributed by atoms with Crippen molar-refractivity contribution < 1.29 is 22.0 Å². The van der Waals surface area contributed by atoms with E-state index < -0.39 is 41.9 Å².